The zero-order chi connectivity index (χ0) is 24.0. The van der Waals surface area contributed by atoms with Crippen LogP contribution in [0.3, 0.4) is 0 Å². The van der Waals surface area contributed by atoms with Crippen LogP contribution >= 0.6 is 0 Å². The first-order valence-electron chi connectivity index (χ1n) is 11.1. The fourth-order valence-corrected chi connectivity index (χ4v) is 3.49. The highest BCUT2D eigenvalue weighted by molar-refractivity contribution is 5.72. The third-order valence-corrected chi connectivity index (χ3v) is 5.43. The molecule has 0 fully saturated rings. The van der Waals surface area contributed by atoms with E-state index in [9.17, 15) is 10.2 Å². The second-order valence-electron chi connectivity index (χ2n) is 8.13. The predicted molar refractivity (Wildman–Crippen MR) is 128 cm³/mol. The summed E-state index contributed by atoms with van der Waals surface area (Å²) < 4.78 is 23.3. The number of benzene rings is 2. The minimum atomic E-state index is -0.607. The van der Waals surface area contributed by atoms with Crippen molar-refractivity contribution in [3.8, 4) is 23.0 Å². The quantitative estimate of drug-likeness (QED) is 0.474. The van der Waals surface area contributed by atoms with E-state index in [-0.39, 0.29) is 11.7 Å². The molecule has 0 aromatic heterocycles. The van der Waals surface area contributed by atoms with Crippen LogP contribution in [-0.4, -0.2) is 23.4 Å². The monoisotopic (exact) mass is 452 g/mol. The largest absolute Gasteiger partial charge is 0.507 e. The number of aliphatic hydroxyl groups is 1. The summed E-state index contributed by atoms with van der Waals surface area (Å²) in [5.74, 6) is 2.83. The molecule has 1 aliphatic heterocycles. The standard InChI is InChI=1S/C27H32O6/c1-6-12-31-24-16-23(29)20-15-25(32-13-7-2)26(18-8-10-19(30-5)11-9-18)33-27(20)21(24)14-22(28)17(3)4/h6-13,16-17,22,28-29H,14-15H2,1-5H3. The Balaban J connectivity index is 2.15. The third kappa shape index (κ3) is 5.52. The molecule has 1 atom stereocenters. The predicted octanol–water partition coefficient (Wildman–Crippen LogP) is 5.73. The molecule has 1 heterocycles. The Labute approximate surface area is 195 Å². The molecule has 2 aromatic carbocycles. The van der Waals surface area contributed by atoms with Crippen LogP contribution in [0.5, 0.6) is 23.0 Å². The van der Waals surface area contributed by atoms with E-state index >= 15 is 0 Å². The molecule has 1 aliphatic rings. The van der Waals surface area contributed by atoms with Gasteiger partial charge in [-0.1, -0.05) is 26.0 Å². The van der Waals surface area contributed by atoms with Gasteiger partial charge in [-0.15, -0.1) is 0 Å². The van der Waals surface area contributed by atoms with Crippen molar-refractivity contribution in [1.82, 2.24) is 0 Å². The molecule has 6 heteroatoms. The van der Waals surface area contributed by atoms with Crippen molar-refractivity contribution in [1.29, 1.82) is 0 Å². The average molecular weight is 453 g/mol. The van der Waals surface area contributed by atoms with Gasteiger partial charge in [0.2, 0.25) is 0 Å². The SMILES string of the molecule is CC=COC1=C(c2ccc(OC)cc2)Oc2c(c(O)cc(OC=CC)c2CC(O)C(C)C)C1. The van der Waals surface area contributed by atoms with Crippen molar-refractivity contribution < 1.29 is 29.2 Å². The Bertz CT molecular complexity index is 1050. The maximum Gasteiger partial charge on any atom is 0.173 e. The molecular weight excluding hydrogens is 420 g/mol. The fourth-order valence-electron chi connectivity index (χ4n) is 3.49. The molecule has 0 saturated heterocycles. The molecule has 2 N–H and O–H groups in total. The zero-order valence-electron chi connectivity index (χ0n) is 19.8. The van der Waals surface area contributed by atoms with Crippen LogP contribution in [0.1, 0.15) is 44.4 Å². The highest BCUT2D eigenvalue weighted by atomic mass is 16.5. The molecule has 0 spiro atoms. The van der Waals surface area contributed by atoms with E-state index in [0.717, 1.165) is 11.3 Å². The van der Waals surface area contributed by atoms with Gasteiger partial charge in [0.1, 0.15) is 23.0 Å². The lowest BCUT2D eigenvalue weighted by Crippen LogP contribution is -2.20. The fraction of sp³-hybridized carbons (Fsp3) is 0.333. The number of phenols is 1. The summed E-state index contributed by atoms with van der Waals surface area (Å²) in [6.07, 6.45) is 6.69. The second-order valence-corrected chi connectivity index (χ2v) is 8.13. The van der Waals surface area contributed by atoms with E-state index in [1.165, 1.54) is 6.26 Å². The lowest BCUT2D eigenvalue weighted by molar-refractivity contribution is 0.124. The van der Waals surface area contributed by atoms with Crippen molar-refractivity contribution in [2.24, 2.45) is 5.92 Å². The smallest absolute Gasteiger partial charge is 0.173 e. The number of rotatable bonds is 9. The van der Waals surface area contributed by atoms with Gasteiger partial charge in [0.05, 0.1) is 25.7 Å². The number of phenolic OH excluding ortho intramolecular Hbond substituents is 1. The van der Waals surface area contributed by atoms with Gasteiger partial charge in [-0.2, -0.15) is 0 Å². The van der Waals surface area contributed by atoms with E-state index in [0.29, 0.717) is 47.0 Å². The van der Waals surface area contributed by atoms with Crippen molar-refractivity contribution >= 4 is 5.76 Å². The molecule has 33 heavy (non-hydrogen) atoms. The van der Waals surface area contributed by atoms with E-state index in [2.05, 4.69) is 0 Å². The van der Waals surface area contributed by atoms with Crippen LogP contribution < -0.4 is 14.2 Å². The first-order chi connectivity index (χ1) is 15.9. The number of aliphatic hydroxyl groups excluding tert-OH is 1. The van der Waals surface area contributed by atoms with Crippen LogP contribution in [0.4, 0.5) is 0 Å². The molecule has 2 aromatic rings. The maximum atomic E-state index is 10.8. The van der Waals surface area contributed by atoms with E-state index in [1.54, 1.807) is 31.6 Å². The molecule has 176 valence electrons. The minimum Gasteiger partial charge on any atom is -0.507 e. The van der Waals surface area contributed by atoms with Crippen molar-refractivity contribution in [3.05, 3.63) is 77.5 Å². The molecule has 0 bridgehead atoms. The Morgan fingerprint density at radius 2 is 1.73 bits per heavy atom. The first kappa shape index (κ1) is 24.3. The van der Waals surface area contributed by atoms with Crippen LogP contribution in [-0.2, 0) is 17.6 Å². The normalized spacial score (nSPS) is 14.5. The number of hydrogen-bond acceptors (Lipinski definition) is 6. The van der Waals surface area contributed by atoms with Crippen LogP contribution in [0.25, 0.3) is 5.76 Å². The van der Waals surface area contributed by atoms with E-state index in [1.807, 2.05) is 52.0 Å². The van der Waals surface area contributed by atoms with Crippen molar-refractivity contribution in [2.45, 2.75) is 46.6 Å². The second kappa shape index (κ2) is 11.0. The summed E-state index contributed by atoms with van der Waals surface area (Å²) in [6, 6.07) is 9.04. The lowest BCUT2D eigenvalue weighted by Gasteiger charge is -2.28. The number of allylic oxidation sites excluding steroid dienone is 3. The summed E-state index contributed by atoms with van der Waals surface area (Å²) in [5.41, 5.74) is 2.08. The van der Waals surface area contributed by atoms with Gasteiger partial charge in [-0.3, -0.25) is 0 Å². The van der Waals surface area contributed by atoms with Gasteiger partial charge in [0, 0.05) is 35.6 Å². The minimum absolute atomic E-state index is 0.0396. The zero-order valence-corrected chi connectivity index (χ0v) is 19.8. The molecule has 1 unspecified atom stereocenters. The topological polar surface area (TPSA) is 77.4 Å². The molecule has 0 aliphatic carbocycles. The van der Waals surface area contributed by atoms with Gasteiger partial charge < -0.3 is 29.2 Å². The Morgan fingerprint density at radius 1 is 1.06 bits per heavy atom. The molecule has 0 radical (unpaired) electrons. The Hall–Kier alpha value is -3.38. The van der Waals surface area contributed by atoms with Gasteiger partial charge in [-0.05, 0) is 44.0 Å². The van der Waals surface area contributed by atoms with Crippen LogP contribution in [0.15, 0.2) is 60.8 Å². The summed E-state index contributed by atoms with van der Waals surface area (Å²) >= 11 is 0. The van der Waals surface area contributed by atoms with Gasteiger partial charge in [0.25, 0.3) is 0 Å². The van der Waals surface area contributed by atoms with Crippen LogP contribution in [0.2, 0.25) is 0 Å². The Morgan fingerprint density at radius 3 is 2.33 bits per heavy atom. The number of hydrogen-bond donors (Lipinski definition) is 2. The van der Waals surface area contributed by atoms with E-state index < -0.39 is 6.10 Å². The van der Waals surface area contributed by atoms with Gasteiger partial charge >= 0.3 is 0 Å². The summed E-state index contributed by atoms with van der Waals surface area (Å²) in [5, 5.41) is 21.5. The highest BCUT2D eigenvalue weighted by Gasteiger charge is 2.31. The molecule has 0 saturated carbocycles. The maximum absolute atomic E-state index is 10.8. The molecule has 3 rings (SSSR count). The number of methoxy groups -OCH3 is 1. The number of ether oxygens (including phenoxy) is 4. The van der Waals surface area contributed by atoms with Crippen molar-refractivity contribution in [2.75, 3.05) is 7.11 Å². The van der Waals surface area contributed by atoms with Gasteiger partial charge in [0.15, 0.2) is 11.5 Å². The third-order valence-electron chi connectivity index (χ3n) is 5.43. The molecule has 6 nitrogen and oxygen atoms in total. The summed E-state index contributed by atoms with van der Waals surface area (Å²) in [7, 11) is 1.61. The highest BCUT2D eigenvalue weighted by Crippen LogP contribution is 2.46. The molecule has 0 amide bonds. The van der Waals surface area contributed by atoms with Gasteiger partial charge in [-0.25, -0.2) is 0 Å². The summed E-state index contributed by atoms with van der Waals surface area (Å²) in [4.78, 5) is 0. The number of aromatic hydroxyl groups is 1. The molecular formula is C27H32O6. The lowest BCUT2D eigenvalue weighted by atomic mass is 9.93. The van der Waals surface area contributed by atoms with Crippen LogP contribution in [0, 0.1) is 5.92 Å². The summed E-state index contributed by atoms with van der Waals surface area (Å²) in [6.45, 7) is 7.61. The van der Waals surface area contributed by atoms with E-state index in [4.69, 9.17) is 18.9 Å². The first-order valence-corrected chi connectivity index (χ1v) is 11.1. The average Bonchev–Trinajstić information content (AvgIpc) is 2.82. The van der Waals surface area contributed by atoms with Crippen molar-refractivity contribution in [3.63, 3.8) is 0 Å². The number of fused-ring (bicyclic) bond motifs is 1. The Kier molecular flexibility index (Phi) is 8.06.